The summed E-state index contributed by atoms with van der Waals surface area (Å²) in [6.45, 7) is 5.80. The molecule has 10 heteroatoms. The highest BCUT2D eigenvalue weighted by atomic mass is 16.6. The van der Waals surface area contributed by atoms with Crippen LogP contribution in [-0.4, -0.2) is 92.1 Å². The third-order valence-corrected chi connectivity index (χ3v) is 6.58. The highest BCUT2D eigenvalue weighted by Crippen LogP contribution is 2.36. The minimum absolute atomic E-state index is 0.00320. The number of methoxy groups -OCH3 is 1. The van der Waals surface area contributed by atoms with E-state index in [1.54, 1.807) is 0 Å². The molecule has 0 bridgehead atoms. The van der Waals surface area contributed by atoms with Gasteiger partial charge in [-0.3, -0.25) is 10.1 Å². The van der Waals surface area contributed by atoms with Crippen LogP contribution in [-0.2, 0) is 25.4 Å². The number of rotatable bonds is 12. The highest BCUT2D eigenvalue weighted by molar-refractivity contribution is 5.82. The smallest absolute Gasteiger partial charge is 0.253 e. The summed E-state index contributed by atoms with van der Waals surface area (Å²) in [6, 6.07) is 2.25. The van der Waals surface area contributed by atoms with Crippen molar-refractivity contribution < 1.29 is 28.8 Å². The van der Waals surface area contributed by atoms with Gasteiger partial charge in [0.25, 0.3) is 5.91 Å². The molecule has 4 atom stereocenters. The van der Waals surface area contributed by atoms with Crippen molar-refractivity contribution >= 4 is 5.91 Å². The van der Waals surface area contributed by atoms with Crippen LogP contribution in [0.5, 0.6) is 5.88 Å². The van der Waals surface area contributed by atoms with Crippen LogP contribution < -0.4 is 15.4 Å². The van der Waals surface area contributed by atoms with Crippen LogP contribution in [0.2, 0.25) is 0 Å². The predicted octanol–water partition coefficient (Wildman–Crippen LogP) is 0.734. The molecular weight excluding hydrogens is 440 g/mol. The van der Waals surface area contributed by atoms with E-state index in [4.69, 9.17) is 18.9 Å². The molecule has 3 fully saturated rings. The van der Waals surface area contributed by atoms with Crippen molar-refractivity contribution in [3.8, 4) is 5.88 Å². The van der Waals surface area contributed by atoms with Crippen LogP contribution in [0.15, 0.2) is 12.3 Å². The lowest BCUT2D eigenvalue weighted by Gasteiger charge is -2.34. The van der Waals surface area contributed by atoms with E-state index >= 15 is 0 Å². The molecule has 3 N–H and O–H groups in total. The van der Waals surface area contributed by atoms with E-state index in [2.05, 4.69) is 28.6 Å². The van der Waals surface area contributed by atoms with E-state index < -0.39 is 12.5 Å². The first-order valence-electron chi connectivity index (χ1n) is 12.4. The van der Waals surface area contributed by atoms with Crippen molar-refractivity contribution in [3.63, 3.8) is 0 Å². The Balaban J connectivity index is 1.49. The number of nitrogens with zero attached hydrogens (tertiary/aromatic N) is 2. The number of amides is 1. The molecule has 3 heterocycles. The van der Waals surface area contributed by atoms with Gasteiger partial charge in [0.2, 0.25) is 12.3 Å². The number of hydrogen-bond donors (Lipinski definition) is 3. The summed E-state index contributed by atoms with van der Waals surface area (Å²) in [5, 5.41) is 15.7. The number of ether oxygens (including phenoxy) is 4. The molecule has 1 aromatic heterocycles. The first kappa shape index (κ1) is 25.3. The zero-order chi connectivity index (χ0) is 23.9. The zero-order valence-corrected chi connectivity index (χ0v) is 20.2. The number of carbonyl (C=O) groups is 1. The third kappa shape index (κ3) is 6.65. The summed E-state index contributed by atoms with van der Waals surface area (Å²) < 4.78 is 22.2. The van der Waals surface area contributed by atoms with Crippen molar-refractivity contribution in [1.82, 2.24) is 20.5 Å². The van der Waals surface area contributed by atoms with E-state index in [0.29, 0.717) is 45.2 Å². The first-order valence-corrected chi connectivity index (χ1v) is 12.4. The molecule has 1 amide bonds. The largest absolute Gasteiger partial charge is 0.472 e. The van der Waals surface area contributed by atoms with Gasteiger partial charge < -0.3 is 34.3 Å². The molecule has 0 spiro atoms. The van der Waals surface area contributed by atoms with Gasteiger partial charge in [0.1, 0.15) is 12.2 Å². The fourth-order valence-electron chi connectivity index (χ4n) is 4.47. The summed E-state index contributed by atoms with van der Waals surface area (Å²) in [5.41, 5.74) is 1.97. The Hall–Kier alpha value is -1.82. The molecule has 0 aromatic carbocycles. The number of nitrogens with one attached hydrogen (secondary N) is 2. The Morgan fingerprint density at radius 3 is 2.91 bits per heavy atom. The molecule has 1 aromatic rings. The summed E-state index contributed by atoms with van der Waals surface area (Å²) in [5.74, 6) is 0.660. The molecule has 2 aliphatic heterocycles. The maximum Gasteiger partial charge on any atom is 0.253 e. The van der Waals surface area contributed by atoms with Crippen LogP contribution >= 0.6 is 0 Å². The average molecular weight is 479 g/mol. The molecule has 1 aliphatic carbocycles. The number of aromatic nitrogens is 1. The summed E-state index contributed by atoms with van der Waals surface area (Å²) >= 11 is 0. The number of pyridine rings is 1. The van der Waals surface area contributed by atoms with Gasteiger partial charge in [0.05, 0.1) is 25.9 Å². The average Bonchev–Trinajstić information content (AvgIpc) is 3.57. The van der Waals surface area contributed by atoms with Crippen molar-refractivity contribution in [2.75, 3.05) is 46.6 Å². The Bertz CT molecular complexity index is 796. The number of morpholine rings is 1. The Labute approximate surface area is 201 Å². The number of hydrogen-bond acceptors (Lipinski definition) is 9. The van der Waals surface area contributed by atoms with E-state index in [1.807, 2.05) is 11.1 Å². The third-order valence-electron chi connectivity index (χ3n) is 6.58. The lowest BCUT2D eigenvalue weighted by molar-refractivity contribution is -0.148. The number of aliphatic hydroxyl groups excluding tert-OH is 1. The van der Waals surface area contributed by atoms with Gasteiger partial charge in [-0.05, 0) is 44.2 Å². The van der Waals surface area contributed by atoms with Crippen molar-refractivity contribution in [3.05, 3.63) is 23.4 Å². The maximum absolute atomic E-state index is 13.3. The number of aliphatic hydroxyl groups is 1. The SMILES string of the molecule is COC(O)NCCCc1cc([C@@H](C)N(C(=O)[C@H]2CNCCO2)C2CC2)cnc1O[C@H]1CCOC1. The van der Waals surface area contributed by atoms with Crippen molar-refractivity contribution in [2.24, 2.45) is 0 Å². The summed E-state index contributed by atoms with van der Waals surface area (Å²) in [6.07, 6.45) is 4.79. The topological polar surface area (TPSA) is 114 Å². The minimum Gasteiger partial charge on any atom is -0.472 e. The van der Waals surface area contributed by atoms with Gasteiger partial charge >= 0.3 is 0 Å². The summed E-state index contributed by atoms with van der Waals surface area (Å²) in [7, 11) is 1.45. The highest BCUT2D eigenvalue weighted by Gasteiger charge is 2.40. The van der Waals surface area contributed by atoms with Gasteiger partial charge in [-0.2, -0.15) is 0 Å². The van der Waals surface area contributed by atoms with E-state index in [0.717, 1.165) is 43.4 Å². The molecule has 4 rings (SSSR count). The van der Waals surface area contributed by atoms with Crippen LogP contribution in [0.25, 0.3) is 0 Å². The van der Waals surface area contributed by atoms with E-state index in [1.165, 1.54) is 7.11 Å². The molecule has 1 unspecified atom stereocenters. The van der Waals surface area contributed by atoms with Gasteiger partial charge in [0, 0.05) is 51.0 Å². The molecule has 2 saturated heterocycles. The fraction of sp³-hybridized carbons (Fsp3) is 0.750. The molecule has 3 aliphatic rings. The molecule has 190 valence electrons. The van der Waals surface area contributed by atoms with Crippen LogP contribution in [0, 0.1) is 0 Å². The monoisotopic (exact) mass is 478 g/mol. The Kier molecular flexibility index (Phi) is 9.10. The second-order valence-electron chi connectivity index (χ2n) is 9.20. The van der Waals surface area contributed by atoms with Crippen LogP contribution in [0.3, 0.4) is 0 Å². The normalized spacial score (nSPS) is 24.6. The predicted molar refractivity (Wildman–Crippen MR) is 124 cm³/mol. The maximum atomic E-state index is 13.3. The first-order chi connectivity index (χ1) is 16.6. The molecular formula is C24H38N4O6. The number of carbonyl (C=O) groups excluding carboxylic acids is 1. The zero-order valence-electron chi connectivity index (χ0n) is 20.2. The van der Waals surface area contributed by atoms with Gasteiger partial charge in [-0.15, -0.1) is 0 Å². The van der Waals surface area contributed by atoms with E-state index in [9.17, 15) is 9.90 Å². The Morgan fingerprint density at radius 1 is 1.38 bits per heavy atom. The lowest BCUT2D eigenvalue weighted by atomic mass is 10.0. The molecule has 34 heavy (non-hydrogen) atoms. The fourth-order valence-corrected chi connectivity index (χ4v) is 4.47. The summed E-state index contributed by atoms with van der Waals surface area (Å²) in [4.78, 5) is 20.0. The van der Waals surface area contributed by atoms with Crippen molar-refractivity contribution in [2.45, 2.75) is 69.7 Å². The Morgan fingerprint density at radius 2 is 2.24 bits per heavy atom. The van der Waals surface area contributed by atoms with Crippen LogP contribution in [0.1, 0.15) is 49.8 Å². The van der Waals surface area contributed by atoms with Crippen LogP contribution in [0.4, 0.5) is 0 Å². The number of aryl methyl sites for hydroxylation is 1. The molecule has 0 radical (unpaired) electrons. The second kappa shape index (κ2) is 12.2. The van der Waals surface area contributed by atoms with Gasteiger partial charge in [0.15, 0.2) is 0 Å². The minimum atomic E-state index is -0.981. The van der Waals surface area contributed by atoms with Gasteiger partial charge in [-0.1, -0.05) is 0 Å². The quantitative estimate of drug-likeness (QED) is 0.296. The molecule has 10 nitrogen and oxygen atoms in total. The van der Waals surface area contributed by atoms with Crippen molar-refractivity contribution in [1.29, 1.82) is 0 Å². The van der Waals surface area contributed by atoms with E-state index in [-0.39, 0.29) is 24.1 Å². The second-order valence-corrected chi connectivity index (χ2v) is 9.20. The lowest BCUT2D eigenvalue weighted by Crippen LogP contribution is -2.50. The standard InChI is InChI=1S/C24H38N4O6/c1-16(28(19-5-6-19)23(29)21-14-25-9-11-33-21)18-12-17(4-3-8-26-24(30)31-2)22(27-13-18)34-20-7-10-32-15-20/h12-13,16,19-21,24-26,30H,3-11,14-15H2,1-2H3/t16-,20+,21-,24?/m1/s1. The molecule has 1 saturated carbocycles. The van der Waals surface area contributed by atoms with Gasteiger partial charge in [-0.25, -0.2) is 4.98 Å².